The maximum atomic E-state index is 11.8. The predicted octanol–water partition coefficient (Wildman–Crippen LogP) is 1.85. The average molecular weight is 225 g/mol. The second-order valence-electron chi connectivity index (χ2n) is 2.78. The van der Waals surface area contributed by atoms with Gasteiger partial charge in [-0.25, -0.2) is 9.97 Å². The molecule has 4 nitrogen and oxygen atoms in total. The van der Waals surface area contributed by atoms with Crippen molar-refractivity contribution in [3.8, 4) is 0 Å². The fraction of sp³-hybridized carbons (Fsp3) is 0.200. The fourth-order valence-corrected chi connectivity index (χ4v) is 1.29. The molecule has 0 unspecified atom stereocenters. The summed E-state index contributed by atoms with van der Waals surface area (Å²) in [4.78, 5) is 30.4. The van der Waals surface area contributed by atoms with Gasteiger partial charge in [-0.2, -0.15) is 0 Å². The van der Waals surface area contributed by atoms with E-state index in [1.165, 1.54) is 25.4 Å². The Morgan fingerprint density at radius 1 is 1.33 bits per heavy atom. The first kappa shape index (κ1) is 11.5. The molecule has 1 rings (SSSR count). The number of ketones is 2. The largest absolute Gasteiger partial charge is 0.294 e. The number of rotatable bonds is 3. The van der Waals surface area contributed by atoms with Crippen LogP contribution in [0.1, 0.15) is 24.3 Å². The molecule has 0 aliphatic rings. The molecular formula is C10H9ClN2O2. The van der Waals surface area contributed by atoms with Crippen LogP contribution in [0.5, 0.6) is 0 Å². The molecule has 1 heterocycles. The molecule has 0 fully saturated rings. The first-order chi connectivity index (χ1) is 7.07. The highest BCUT2D eigenvalue weighted by Crippen LogP contribution is 2.14. The molecule has 5 heteroatoms. The molecule has 1 aromatic rings. The predicted molar refractivity (Wildman–Crippen MR) is 55.8 cm³/mol. The summed E-state index contributed by atoms with van der Waals surface area (Å²) in [5, 5.41) is 0.00287. The van der Waals surface area contributed by atoms with Gasteiger partial charge in [0.1, 0.15) is 5.69 Å². The maximum Gasteiger partial charge on any atom is 0.217 e. The number of allylic oxidation sites excluding steroid dienone is 2. The van der Waals surface area contributed by atoms with Crippen LogP contribution < -0.4 is 0 Å². The lowest BCUT2D eigenvalue weighted by atomic mass is 10.1. The lowest BCUT2D eigenvalue weighted by Gasteiger charge is -2.02. The molecule has 0 amide bonds. The zero-order valence-corrected chi connectivity index (χ0v) is 9.08. The molecule has 0 spiro atoms. The Bertz CT molecular complexity index is 441. The molecule has 0 N–H and O–H groups in total. The second-order valence-corrected chi connectivity index (χ2v) is 3.14. The molecular weight excluding hydrogens is 216 g/mol. The van der Waals surface area contributed by atoms with E-state index in [9.17, 15) is 9.59 Å². The van der Waals surface area contributed by atoms with Crippen LogP contribution >= 0.6 is 11.6 Å². The van der Waals surface area contributed by atoms with Gasteiger partial charge in [-0.1, -0.05) is 17.7 Å². The summed E-state index contributed by atoms with van der Waals surface area (Å²) < 4.78 is 0. The van der Waals surface area contributed by atoms with Gasteiger partial charge in [0.2, 0.25) is 5.78 Å². The topological polar surface area (TPSA) is 59.9 Å². The van der Waals surface area contributed by atoms with Crippen molar-refractivity contribution in [3.05, 3.63) is 34.9 Å². The zero-order valence-electron chi connectivity index (χ0n) is 8.32. The van der Waals surface area contributed by atoms with Gasteiger partial charge >= 0.3 is 0 Å². The maximum absolute atomic E-state index is 11.8. The van der Waals surface area contributed by atoms with Gasteiger partial charge in [-0.05, 0) is 13.8 Å². The highest BCUT2D eigenvalue weighted by Gasteiger charge is 2.19. The van der Waals surface area contributed by atoms with Crippen molar-refractivity contribution in [2.45, 2.75) is 13.8 Å². The summed E-state index contributed by atoms with van der Waals surface area (Å²) >= 11 is 5.69. The van der Waals surface area contributed by atoms with Crippen LogP contribution in [-0.2, 0) is 4.79 Å². The highest BCUT2D eigenvalue weighted by molar-refractivity contribution is 6.35. The van der Waals surface area contributed by atoms with E-state index in [-0.39, 0.29) is 22.2 Å². The summed E-state index contributed by atoms with van der Waals surface area (Å²) in [6.07, 6.45) is 4.17. The van der Waals surface area contributed by atoms with E-state index in [2.05, 4.69) is 9.97 Å². The summed E-state index contributed by atoms with van der Waals surface area (Å²) in [5.41, 5.74) is 0.0693. The van der Waals surface area contributed by atoms with Crippen molar-refractivity contribution >= 4 is 23.2 Å². The first-order valence-corrected chi connectivity index (χ1v) is 4.64. The van der Waals surface area contributed by atoms with Crippen LogP contribution in [0.25, 0.3) is 0 Å². The summed E-state index contributed by atoms with van der Waals surface area (Å²) in [7, 11) is 0. The minimum atomic E-state index is -0.497. The number of Topliss-reactive ketones (excluding diaryl/α,β-unsaturated/α-hetero) is 2. The van der Waals surface area contributed by atoms with E-state index in [0.717, 1.165) is 0 Å². The van der Waals surface area contributed by atoms with E-state index < -0.39 is 5.78 Å². The Hall–Kier alpha value is -1.55. The SMILES string of the molecule is CC=C(C(C)=O)C(=O)c1nccnc1Cl. The molecule has 78 valence electrons. The Morgan fingerprint density at radius 3 is 2.40 bits per heavy atom. The molecule has 0 saturated carbocycles. The average Bonchev–Trinajstić information content (AvgIpc) is 2.18. The molecule has 15 heavy (non-hydrogen) atoms. The van der Waals surface area contributed by atoms with Crippen LogP contribution in [0.4, 0.5) is 0 Å². The molecule has 0 aromatic carbocycles. The van der Waals surface area contributed by atoms with Gasteiger partial charge in [0, 0.05) is 12.4 Å². The molecule has 0 radical (unpaired) electrons. The third kappa shape index (κ3) is 2.47. The van der Waals surface area contributed by atoms with Crippen LogP contribution in [-0.4, -0.2) is 21.5 Å². The summed E-state index contributed by atoms with van der Waals surface area (Å²) in [5.74, 6) is -0.813. The number of carbonyl (C=O) groups excluding carboxylic acids is 2. The minimum Gasteiger partial charge on any atom is -0.294 e. The Labute approximate surface area is 92.0 Å². The molecule has 0 aliphatic carbocycles. The first-order valence-electron chi connectivity index (χ1n) is 4.26. The van der Waals surface area contributed by atoms with Crippen LogP contribution in [0, 0.1) is 0 Å². The smallest absolute Gasteiger partial charge is 0.217 e. The number of aromatic nitrogens is 2. The van der Waals surface area contributed by atoms with Gasteiger partial charge in [-0.3, -0.25) is 9.59 Å². The van der Waals surface area contributed by atoms with Crippen molar-refractivity contribution < 1.29 is 9.59 Å². The van der Waals surface area contributed by atoms with Crippen molar-refractivity contribution in [2.75, 3.05) is 0 Å². The van der Waals surface area contributed by atoms with Gasteiger partial charge in [0.15, 0.2) is 10.9 Å². The number of nitrogens with zero attached hydrogens (tertiary/aromatic N) is 2. The fourth-order valence-electron chi connectivity index (χ4n) is 1.10. The highest BCUT2D eigenvalue weighted by atomic mass is 35.5. The van der Waals surface area contributed by atoms with Crippen LogP contribution in [0.2, 0.25) is 5.15 Å². The van der Waals surface area contributed by atoms with Gasteiger partial charge in [0.05, 0.1) is 5.57 Å². The quantitative estimate of drug-likeness (QED) is 0.340. The standard InChI is InChI=1S/C10H9ClN2O2/c1-3-7(6(2)14)9(15)8-10(11)13-5-4-12-8/h3-5H,1-2H3. The van der Waals surface area contributed by atoms with E-state index in [0.29, 0.717) is 0 Å². The Morgan fingerprint density at radius 2 is 1.93 bits per heavy atom. The lowest BCUT2D eigenvalue weighted by molar-refractivity contribution is -0.113. The lowest BCUT2D eigenvalue weighted by Crippen LogP contribution is -2.12. The Balaban J connectivity index is 3.16. The zero-order chi connectivity index (χ0) is 11.4. The van der Waals surface area contributed by atoms with E-state index in [1.807, 2.05) is 0 Å². The summed E-state index contributed by atoms with van der Waals surface area (Å²) in [6.45, 7) is 2.93. The summed E-state index contributed by atoms with van der Waals surface area (Å²) in [6, 6.07) is 0. The van der Waals surface area contributed by atoms with Gasteiger partial charge in [-0.15, -0.1) is 0 Å². The number of hydrogen-bond acceptors (Lipinski definition) is 4. The monoisotopic (exact) mass is 224 g/mol. The Kier molecular flexibility index (Phi) is 3.68. The molecule has 0 atom stereocenters. The van der Waals surface area contributed by atoms with Crippen LogP contribution in [0.15, 0.2) is 24.0 Å². The number of hydrogen-bond donors (Lipinski definition) is 0. The van der Waals surface area contributed by atoms with Crippen LogP contribution in [0.3, 0.4) is 0 Å². The van der Waals surface area contributed by atoms with Crippen molar-refractivity contribution in [3.63, 3.8) is 0 Å². The van der Waals surface area contributed by atoms with Crippen molar-refractivity contribution in [2.24, 2.45) is 0 Å². The molecule has 0 saturated heterocycles. The molecule has 0 bridgehead atoms. The third-order valence-corrected chi connectivity index (χ3v) is 2.06. The van der Waals surface area contributed by atoms with Crippen molar-refractivity contribution in [1.29, 1.82) is 0 Å². The van der Waals surface area contributed by atoms with E-state index in [1.54, 1.807) is 6.92 Å². The minimum absolute atomic E-state index is 0.00228. The van der Waals surface area contributed by atoms with Gasteiger partial charge < -0.3 is 0 Å². The second kappa shape index (κ2) is 4.79. The number of carbonyl (C=O) groups is 2. The van der Waals surface area contributed by atoms with Crippen molar-refractivity contribution in [1.82, 2.24) is 9.97 Å². The van der Waals surface area contributed by atoms with E-state index >= 15 is 0 Å². The number of halogens is 1. The molecule has 1 aromatic heterocycles. The van der Waals surface area contributed by atoms with E-state index in [4.69, 9.17) is 11.6 Å². The molecule has 0 aliphatic heterocycles. The third-order valence-electron chi connectivity index (χ3n) is 1.78. The normalized spacial score (nSPS) is 11.3. The van der Waals surface area contributed by atoms with Gasteiger partial charge in [0.25, 0.3) is 0 Å².